The lowest BCUT2D eigenvalue weighted by molar-refractivity contribution is -0.506. The number of nitro groups is 1. The van der Waals surface area contributed by atoms with Crippen molar-refractivity contribution in [1.29, 1.82) is 0 Å². The summed E-state index contributed by atoms with van der Waals surface area (Å²) < 4.78 is 31.3. The van der Waals surface area contributed by atoms with Gasteiger partial charge >= 0.3 is 11.9 Å². The quantitative estimate of drug-likeness (QED) is 0.454. The second kappa shape index (κ2) is 7.90. The van der Waals surface area contributed by atoms with E-state index in [1.165, 1.54) is 6.07 Å². The van der Waals surface area contributed by atoms with Crippen molar-refractivity contribution in [1.82, 2.24) is 0 Å². The number of para-hydroxylation sites is 1. The standard InChI is InChI=1S/C18H18F2N2O4/c1-12-6-5-9-15(13(12)2)21-16-8-4-3-7-14(16)17(23)26-11-18(19,20)10-22(24)25/h3-9,21H,10-11H2,1-2H3. The zero-order valence-electron chi connectivity index (χ0n) is 14.3. The first kappa shape index (κ1) is 19.3. The van der Waals surface area contributed by atoms with Crippen LogP contribution in [-0.2, 0) is 4.74 Å². The number of rotatable bonds is 7. The van der Waals surface area contributed by atoms with Crippen molar-refractivity contribution in [2.75, 3.05) is 18.5 Å². The maximum atomic E-state index is 13.4. The number of halogens is 2. The number of carbonyl (C=O) groups excluding carboxylic acids is 1. The number of benzene rings is 2. The molecule has 0 bridgehead atoms. The molecule has 2 rings (SSSR count). The van der Waals surface area contributed by atoms with Crippen LogP contribution < -0.4 is 5.32 Å². The largest absolute Gasteiger partial charge is 0.455 e. The van der Waals surface area contributed by atoms with E-state index >= 15 is 0 Å². The van der Waals surface area contributed by atoms with E-state index in [0.29, 0.717) is 5.69 Å². The summed E-state index contributed by atoms with van der Waals surface area (Å²) in [6.45, 7) is 0.905. The van der Waals surface area contributed by atoms with Gasteiger partial charge in [0.25, 0.3) is 6.54 Å². The number of alkyl halides is 2. The average Bonchev–Trinajstić information content (AvgIpc) is 2.56. The van der Waals surface area contributed by atoms with Crippen molar-refractivity contribution in [2.24, 2.45) is 0 Å². The minimum Gasteiger partial charge on any atom is -0.455 e. The molecule has 1 N–H and O–H groups in total. The van der Waals surface area contributed by atoms with Crippen LogP contribution in [0, 0.1) is 24.0 Å². The predicted molar refractivity (Wildman–Crippen MR) is 92.7 cm³/mol. The highest BCUT2D eigenvalue weighted by atomic mass is 19.3. The third-order valence-corrected chi connectivity index (χ3v) is 3.80. The van der Waals surface area contributed by atoms with E-state index in [1.54, 1.807) is 18.2 Å². The summed E-state index contributed by atoms with van der Waals surface area (Å²) in [6.07, 6.45) is 0. The van der Waals surface area contributed by atoms with Gasteiger partial charge in [-0.25, -0.2) is 4.79 Å². The summed E-state index contributed by atoms with van der Waals surface area (Å²) in [5.41, 5.74) is 3.25. The number of ether oxygens (including phenoxy) is 1. The number of anilines is 2. The number of hydrogen-bond acceptors (Lipinski definition) is 5. The van der Waals surface area contributed by atoms with Gasteiger partial charge in [-0.1, -0.05) is 24.3 Å². The fraction of sp³-hybridized carbons (Fsp3) is 0.278. The van der Waals surface area contributed by atoms with Gasteiger partial charge in [-0.3, -0.25) is 10.1 Å². The Kier molecular flexibility index (Phi) is 5.86. The third-order valence-electron chi connectivity index (χ3n) is 3.80. The van der Waals surface area contributed by atoms with Crippen LogP contribution in [0.25, 0.3) is 0 Å². The monoisotopic (exact) mass is 364 g/mol. The fourth-order valence-electron chi connectivity index (χ4n) is 2.29. The molecule has 0 atom stereocenters. The van der Waals surface area contributed by atoms with Crippen LogP contribution in [0.2, 0.25) is 0 Å². The lowest BCUT2D eigenvalue weighted by atomic mass is 10.1. The molecular weight excluding hydrogens is 346 g/mol. The number of aryl methyl sites for hydroxylation is 1. The Balaban J connectivity index is 2.16. The zero-order chi connectivity index (χ0) is 19.3. The predicted octanol–water partition coefficient (Wildman–Crippen LogP) is 4.12. The molecule has 8 heteroatoms. The molecule has 0 aliphatic rings. The Morgan fingerprint density at radius 2 is 1.81 bits per heavy atom. The Morgan fingerprint density at radius 3 is 2.50 bits per heavy atom. The van der Waals surface area contributed by atoms with Gasteiger partial charge in [0.1, 0.15) is 0 Å². The van der Waals surface area contributed by atoms with Crippen LogP contribution in [0.3, 0.4) is 0 Å². The minimum atomic E-state index is -3.73. The number of hydrogen-bond donors (Lipinski definition) is 1. The van der Waals surface area contributed by atoms with Gasteiger partial charge in [0, 0.05) is 10.6 Å². The summed E-state index contributed by atoms with van der Waals surface area (Å²) in [7, 11) is 0. The second-order valence-electron chi connectivity index (χ2n) is 5.84. The maximum absolute atomic E-state index is 13.4. The fourth-order valence-corrected chi connectivity index (χ4v) is 2.29. The van der Waals surface area contributed by atoms with Crippen LogP contribution in [0.15, 0.2) is 42.5 Å². The van der Waals surface area contributed by atoms with Crippen molar-refractivity contribution in [3.05, 3.63) is 69.3 Å². The number of nitrogens with zero attached hydrogens (tertiary/aromatic N) is 1. The van der Waals surface area contributed by atoms with Gasteiger partial charge in [-0.05, 0) is 43.2 Å². The SMILES string of the molecule is Cc1cccc(Nc2ccccc2C(=O)OCC(F)(F)C[N+](=O)[O-])c1C. The molecule has 26 heavy (non-hydrogen) atoms. The lowest BCUT2D eigenvalue weighted by Crippen LogP contribution is -2.33. The van der Waals surface area contributed by atoms with E-state index in [9.17, 15) is 23.7 Å². The van der Waals surface area contributed by atoms with E-state index in [-0.39, 0.29) is 5.56 Å². The topological polar surface area (TPSA) is 81.5 Å². The van der Waals surface area contributed by atoms with E-state index < -0.39 is 30.0 Å². The number of nitrogens with one attached hydrogen (secondary N) is 1. The van der Waals surface area contributed by atoms with Crippen molar-refractivity contribution in [3.63, 3.8) is 0 Å². The summed E-state index contributed by atoms with van der Waals surface area (Å²) in [6, 6.07) is 11.9. The molecule has 0 aliphatic heterocycles. The second-order valence-corrected chi connectivity index (χ2v) is 5.84. The molecule has 0 aliphatic carbocycles. The molecular formula is C18H18F2N2O4. The van der Waals surface area contributed by atoms with Crippen LogP contribution in [0.4, 0.5) is 20.2 Å². The first-order valence-electron chi connectivity index (χ1n) is 7.78. The molecule has 0 unspecified atom stereocenters. The molecule has 6 nitrogen and oxygen atoms in total. The molecule has 0 amide bonds. The Labute approximate surface area is 148 Å². The molecule has 2 aromatic rings. The average molecular weight is 364 g/mol. The van der Waals surface area contributed by atoms with Crippen molar-refractivity contribution in [2.45, 2.75) is 19.8 Å². The van der Waals surface area contributed by atoms with Gasteiger partial charge in [-0.15, -0.1) is 0 Å². The zero-order valence-corrected chi connectivity index (χ0v) is 14.3. The Hall–Kier alpha value is -3.03. The van der Waals surface area contributed by atoms with Crippen molar-refractivity contribution in [3.8, 4) is 0 Å². The van der Waals surface area contributed by atoms with Crippen LogP contribution in [0.5, 0.6) is 0 Å². The summed E-state index contributed by atoms with van der Waals surface area (Å²) in [4.78, 5) is 21.2. The molecule has 138 valence electrons. The van der Waals surface area contributed by atoms with Gasteiger partial charge in [0.2, 0.25) is 0 Å². The van der Waals surface area contributed by atoms with Crippen LogP contribution >= 0.6 is 0 Å². The molecule has 0 saturated carbocycles. The highest BCUT2D eigenvalue weighted by Crippen LogP contribution is 2.26. The lowest BCUT2D eigenvalue weighted by Gasteiger charge is -2.16. The Morgan fingerprint density at radius 1 is 1.15 bits per heavy atom. The van der Waals surface area contributed by atoms with E-state index in [4.69, 9.17) is 0 Å². The maximum Gasteiger partial charge on any atom is 0.344 e. The summed E-state index contributed by atoms with van der Waals surface area (Å²) in [5, 5.41) is 13.3. The molecule has 0 spiro atoms. The molecule has 0 saturated heterocycles. The molecule has 0 aromatic heterocycles. The van der Waals surface area contributed by atoms with E-state index in [2.05, 4.69) is 10.1 Å². The highest BCUT2D eigenvalue weighted by molar-refractivity contribution is 5.96. The summed E-state index contributed by atoms with van der Waals surface area (Å²) in [5.74, 6) is -4.71. The normalized spacial score (nSPS) is 11.1. The minimum absolute atomic E-state index is 0.0605. The molecule has 2 aromatic carbocycles. The molecule has 0 radical (unpaired) electrons. The molecule has 0 heterocycles. The van der Waals surface area contributed by atoms with Crippen molar-refractivity contribution < 1.29 is 23.2 Å². The van der Waals surface area contributed by atoms with Gasteiger partial charge in [-0.2, -0.15) is 8.78 Å². The van der Waals surface area contributed by atoms with Crippen LogP contribution in [-0.4, -0.2) is 30.0 Å². The van der Waals surface area contributed by atoms with Gasteiger partial charge in [0.05, 0.1) is 11.3 Å². The van der Waals surface area contributed by atoms with Gasteiger partial charge in [0.15, 0.2) is 6.61 Å². The number of esters is 1. The highest BCUT2D eigenvalue weighted by Gasteiger charge is 2.37. The van der Waals surface area contributed by atoms with Crippen molar-refractivity contribution >= 4 is 17.3 Å². The first-order chi connectivity index (χ1) is 12.2. The molecule has 0 fully saturated rings. The summed E-state index contributed by atoms with van der Waals surface area (Å²) >= 11 is 0. The number of carbonyl (C=O) groups is 1. The van der Waals surface area contributed by atoms with Crippen LogP contribution in [0.1, 0.15) is 21.5 Å². The smallest absolute Gasteiger partial charge is 0.344 e. The third kappa shape index (κ3) is 4.98. The Bertz CT molecular complexity index is 825. The first-order valence-corrected chi connectivity index (χ1v) is 7.78. The van der Waals surface area contributed by atoms with Gasteiger partial charge < -0.3 is 10.1 Å². The van der Waals surface area contributed by atoms with E-state index in [1.807, 2.05) is 32.0 Å². The van der Waals surface area contributed by atoms with E-state index in [0.717, 1.165) is 16.8 Å².